The Balaban J connectivity index is 2.07. The Morgan fingerprint density at radius 2 is 2.31 bits per heavy atom. The summed E-state index contributed by atoms with van der Waals surface area (Å²) in [6, 6.07) is 0. The second-order valence-electron chi connectivity index (χ2n) is 4.55. The van der Waals surface area contributed by atoms with Crippen molar-refractivity contribution in [1.82, 2.24) is 5.32 Å². The molecular weight excluding hydrogens is 162 g/mol. The maximum atomic E-state index is 12.1. The lowest BCUT2D eigenvalue weighted by Crippen LogP contribution is -2.45. The van der Waals surface area contributed by atoms with Gasteiger partial charge in [-0.05, 0) is 38.6 Å². The molecule has 2 rings (SSSR count). The van der Waals surface area contributed by atoms with E-state index < -0.39 is 0 Å². The first-order chi connectivity index (χ1) is 6.28. The van der Waals surface area contributed by atoms with Crippen molar-refractivity contribution >= 4 is 5.78 Å². The zero-order valence-corrected chi connectivity index (χ0v) is 8.44. The van der Waals surface area contributed by atoms with E-state index in [2.05, 4.69) is 12.2 Å². The third-order valence-electron chi connectivity index (χ3n) is 3.62. The third-order valence-corrected chi connectivity index (χ3v) is 3.62. The van der Waals surface area contributed by atoms with Gasteiger partial charge in [-0.25, -0.2) is 0 Å². The normalized spacial score (nSPS) is 34.5. The summed E-state index contributed by atoms with van der Waals surface area (Å²) in [5, 5.41) is 3.37. The summed E-state index contributed by atoms with van der Waals surface area (Å²) in [5.74, 6) is 0.988. The molecule has 0 aromatic rings. The molecule has 1 N–H and O–H groups in total. The van der Waals surface area contributed by atoms with Gasteiger partial charge in [-0.15, -0.1) is 0 Å². The van der Waals surface area contributed by atoms with Gasteiger partial charge >= 0.3 is 0 Å². The van der Waals surface area contributed by atoms with E-state index in [1.165, 1.54) is 6.42 Å². The zero-order valence-electron chi connectivity index (χ0n) is 8.44. The molecule has 0 aromatic carbocycles. The van der Waals surface area contributed by atoms with Crippen molar-refractivity contribution < 1.29 is 4.79 Å². The summed E-state index contributed by atoms with van der Waals surface area (Å²) in [4.78, 5) is 12.1. The van der Waals surface area contributed by atoms with E-state index in [0.29, 0.717) is 11.7 Å². The predicted octanol–water partition coefficient (Wildman–Crippen LogP) is 1.75. The second kappa shape index (κ2) is 3.41. The van der Waals surface area contributed by atoms with Gasteiger partial charge < -0.3 is 5.32 Å². The Labute approximate surface area is 80.1 Å². The molecule has 2 aliphatic rings. The van der Waals surface area contributed by atoms with Crippen LogP contribution in [0.25, 0.3) is 0 Å². The molecule has 1 saturated heterocycles. The van der Waals surface area contributed by atoms with Crippen molar-refractivity contribution in [3.05, 3.63) is 0 Å². The van der Waals surface area contributed by atoms with E-state index in [4.69, 9.17) is 0 Å². The van der Waals surface area contributed by atoms with Gasteiger partial charge in [-0.3, -0.25) is 4.79 Å². The van der Waals surface area contributed by atoms with Crippen LogP contribution < -0.4 is 5.32 Å². The number of nitrogens with one attached hydrogen (secondary N) is 1. The van der Waals surface area contributed by atoms with Crippen LogP contribution in [0.4, 0.5) is 0 Å². The summed E-state index contributed by atoms with van der Waals surface area (Å²) in [6.07, 6.45) is 5.62. The largest absolute Gasteiger partial charge is 0.316 e. The molecule has 1 aliphatic heterocycles. The SMILES string of the molecule is CCC1(C(=O)C2CC2)CCCNC1. The van der Waals surface area contributed by atoms with Gasteiger partial charge in [0.05, 0.1) is 0 Å². The molecule has 0 radical (unpaired) electrons. The highest BCUT2D eigenvalue weighted by atomic mass is 16.1. The first-order valence-electron chi connectivity index (χ1n) is 5.53. The van der Waals surface area contributed by atoms with Crippen LogP contribution in [0.1, 0.15) is 39.0 Å². The van der Waals surface area contributed by atoms with Crippen molar-refractivity contribution in [2.45, 2.75) is 39.0 Å². The van der Waals surface area contributed by atoms with Crippen LogP contribution in [0, 0.1) is 11.3 Å². The van der Waals surface area contributed by atoms with Crippen molar-refractivity contribution in [1.29, 1.82) is 0 Å². The number of hydrogen-bond donors (Lipinski definition) is 1. The van der Waals surface area contributed by atoms with Crippen LogP contribution in [0.3, 0.4) is 0 Å². The number of ketones is 1. The number of rotatable bonds is 3. The van der Waals surface area contributed by atoms with Gasteiger partial charge in [0.15, 0.2) is 0 Å². The molecule has 2 nitrogen and oxygen atoms in total. The van der Waals surface area contributed by atoms with E-state index >= 15 is 0 Å². The van der Waals surface area contributed by atoms with Crippen molar-refractivity contribution in [2.75, 3.05) is 13.1 Å². The quantitative estimate of drug-likeness (QED) is 0.718. The molecule has 0 bridgehead atoms. The van der Waals surface area contributed by atoms with E-state index in [1.54, 1.807) is 0 Å². The molecule has 1 atom stereocenters. The van der Waals surface area contributed by atoms with Crippen molar-refractivity contribution in [3.8, 4) is 0 Å². The summed E-state index contributed by atoms with van der Waals surface area (Å²) in [6.45, 7) is 4.19. The molecule has 0 amide bonds. The number of hydrogen-bond acceptors (Lipinski definition) is 2. The Kier molecular flexibility index (Phi) is 2.41. The van der Waals surface area contributed by atoms with Crippen molar-refractivity contribution in [2.24, 2.45) is 11.3 Å². The highest BCUT2D eigenvalue weighted by Crippen LogP contribution is 2.41. The summed E-state index contributed by atoms with van der Waals surface area (Å²) in [5.41, 5.74) is 0.0133. The number of carbonyl (C=O) groups excluding carboxylic acids is 1. The number of Topliss-reactive ketones (excluding diaryl/α,β-unsaturated/α-hetero) is 1. The van der Waals surface area contributed by atoms with Crippen LogP contribution >= 0.6 is 0 Å². The van der Waals surface area contributed by atoms with Gasteiger partial charge in [0.2, 0.25) is 0 Å². The van der Waals surface area contributed by atoms with E-state index in [0.717, 1.165) is 38.8 Å². The van der Waals surface area contributed by atoms with Gasteiger partial charge in [-0.2, -0.15) is 0 Å². The van der Waals surface area contributed by atoms with Crippen LogP contribution in [0.2, 0.25) is 0 Å². The minimum atomic E-state index is 0.0133. The molecular formula is C11H19NO. The Morgan fingerprint density at radius 3 is 2.77 bits per heavy atom. The fourth-order valence-electron chi connectivity index (χ4n) is 2.43. The lowest BCUT2D eigenvalue weighted by atomic mass is 9.73. The first kappa shape index (κ1) is 9.20. The molecule has 1 unspecified atom stereocenters. The Hall–Kier alpha value is -0.370. The van der Waals surface area contributed by atoms with Crippen LogP contribution in [-0.4, -0.2) is 18.9 Å². The Bertz CT molecular complexity index is 202. The zero-order chi connectivity index (χ0) is 9.31. The molecule has 1 aliphatic carbocycles. The van der Waals surface area contributed by atoms with Crippen LogP contribution in [-0.2, 0) is 4.79 Å². The number of carbonyl (C=O) groups is 1. The third kappa shape index (κ3) is 1.64. The van der Waals surface area contributed by atoms with Crippen molar-refractivity contribution in [3.63, 3.8) is 0 Å². The molecule has 2 fully saturated rings. The lowest BCUT2D eigenvalue weighted by Gasteiger charge is -2.35. The van der Waals surface area contributed by atoms with Crippen LogP contribution in [0.15, 0.2) is 0 Å². The molecule has 2 heteroatoms. The molecule has 0 spiro atoms. The maximum Gasteiger partial charge on any atom is 0.143 e. The summed E-state index contributed by atoms with van der Waals surface area (Å²) >= 11 is 0. The van der Waals surface area contributed by atoms with Crippen LogP contribution in [0.5, 0.6) is 0 Å². The molecule has 1 saturated carbocycles. The lowest BCUT2D eigenvalue weighted by molar-refractivity contribution is -0.131. The highest BCUT2D eigenvalue weighted by Gasteiger charge is 2.44. The van der Waals surface area contributed by atoms with Gasteiger partial charge in [0, 0.05) is 17.9 Å². The minimum Gasteiger partial charge on any atom is -0.316 e. The average molecular weight is 181 g/mol. The van der Waals surface area contributed by atoms with Gasteiger partial charge in [0.25, 0.3) is 0 Å². The standard InChI is InChI=1S/C11H19NO/c1-2-11(6-3-7-12-8-11)10(13)9-4-5-9/h9,12H,2-8H2,1H3. The fraction of sp³-hybridized carbons (Fsp3) is 0.909. The number of piperidine rings is 1. The minimum absolute atomic E-state index is 0.0133. The molecule has 74 valence electrons. The smallest absolute Gasteiger partial charge is 0.143 e. The summed E-state index contributed by atoms with van der Waals surface area (Å²) < 4.78 is 0. The molecule has 1 heterocycles. The van der Waals surface area contributed by atoms with Gasteiger partial charge in [0.1, 0.15) is 5.78 Å². The highest BCUT2D eigenvalue weighted by molar-refractivity contribution is 5.89. The van der Waals surface area contributed by atoms with E-state index in [9.17, 15) is 4.79 Å². The fourth-order valence-corrected chi connectivity index (χ4v) is 2.43. The molecule has 0 aromatic heterocycles. The van der Waals surface area contributed by atoms with E-state index in [-0.39, 0.29) is 5.41 Å². The predicted molar refractivity (Wildman–Crippen MR) is 52.6 cm³/mol. The maximum absolute atomic E-state index is 12.1. The average Bonchev–Trinajstić information content (AvgIpc) is 3.01. The second-order valence-corrected chi connectivity index (χ2v) is 4.55. The summed E-state index contributed by atoms with van der Waals surface area (Å²) in [7, 11) is 0. The molecule has 13 heavy (non-hydrogen) atoms. The van der Waals surface area contributed by atoms with E-state index in [1.807, 2.05) is 0 Å². The monoisotopic (exact) mass is 181 g/mol. The first-order valence-corrected chi connectivity index (χ1v) is 5.53. The van der Waals surface area contributed by atoms with Gasteiger partial charge in [-0.1, -0.05) is 6.92 Å². The topological polar surface area (TPSA) is 29.1 Å². The Morgan fingerprint density at radius 1 is 1.54 bits per heavy atom.